The Hall–Kier alpha value is -1.95. The number of amides is 1. The van der Waals surface area contributed by atoms with Gasteiger partial charge in [-0.15, -0.1) is 0 Å². The number of fused-ring (bicyclic) bond motifs is 1. The molecule has 2 aliphatic heterocycles. The fraction of sp³-hybridized carbons (Fsp3) is 0.476. The number of carbonyl (C=O) groups excluding carboxylic acids is 1. The summed E-state index contributed by atoms with van der Waals surface area (Å²) < 4.78 is 5.40. The fourth-order valence-corrected chi connectivity index (χ4v) is 3.95. The minimum absolute atomic E-state index is 0.0434. The molecule has 1 N–H and O–H groups in total. The molecule has 2 heterocycles. The highest BCUT2D eigenvalue weighted by atomic mass is 16.5. The lowest BCUT2D eigenvalue weighted by Crippen LogP contribution is -2.42. The first-order valence-electron chi connectivity index (χ1n) is 9.61. The van der Waals surface area contributed by atoms with Crippen molar-refractivity contribution in [1.29, 1.82) is 0 Å². The molecule has 26 heavy (non-hydrogen) atoms. The number of likely N-dealkylation sites (tertiary alicyclic amines) is 1. The van der Waals surface area contributed by atoms with Crippen LogP contribution in [-0.2, 0) is 4.74 Å². The third-order valence-corrected chi connectivity index (χ3v) is 5.48. The van der Waals surface area contributed by atoms with Gasteiger partial charge < -0.3 is 10.1 Å². The molecule has 1 atom stereocenters. The van der Waals surface area contributed by atoms with Crippen molar-refractivity contribution >= 4 is 16.7 Å². The zero-order chi connectivity index (χ0) is 17.8. The molecule has 0 aliphatic carbocycles. The van der Waals surface area contributed by atoms with Gasteiger partial charge in [0, 0.05) is 50.9 Å². The Balaban J connectivity index is 1.31. The van der Waals surface area contributed by atoms with Crippen LogP contribution in [0.25, 0.3) is 10.8 Å². The van der Waals surface area contributed by atoms with Gasteiger partial charge in [0.15, 0.2) is 0 Å². The van der Waals surface area contributed by atoms with Gasteiger partial charge in [0.25, 0.3) is 5.91 Å². The van der Waals surface area contributed by atoms with Crippen molar-refractivity contribution in [2.45, 2.75) is 12.5 Å². The molecule has 0 bridgehead atoms. The molecule has 5 heteroatoms. The van der Waals surface area contributed by atoms with E-state index in [1.54, 1.807) is 0 Å². The minimum atomic E-state index is 0.0434. The average Bonchev–Trinajstić information content (AvgIpc) is 3.14. The summed E-state index contributed by atoms with van der Waals surface area (Å²) >= 11 is 0. The molecule has 4 rings (SSSR count). The van der Waals surface area contributed by atoms with E-state index in [1.165, 1.54) is 0 Å². The highest BCUT2D eigenvalue weighted by Crippen LogP contribution is 2.19. The number of benzene rings is 2. The monoisotopic (exact) mass is 353 g/mol. The third kappa shape index (κ3) is 4.06. The summed E-state index contributed by atoms with van der Waals surface area (Å²) in [7, 11) is 0. The van der Waals surface area contributed by atoms with Crippen LogP contribution in [0.15, 0.2) is 42.5 Å². The Bertz CT molecular complexity index is 753. The third-order valence-electron chi connectivity index (χ3n) is 5.48. The van der Waals surface area contributed by atoms with Gasteiger partial charge in [-0.3, -0.25) is 14.6 Å². The van der Waals surface area contributed by atoms with E-state index in [-0.39, 0.29) is 11.9 Å². The summed E-state index contributed by atoms with van der Waals surface area (Å²) in [5, 5.41) is 5.37. The zero-order valence-electron chi connectivity index (χ0n) is 15.2. The molecule has 0 aromatic heterocycles. The molecule has 2 aromatic rings. The molecule has 2 aromatic carbocycles. The number of ether oxygens (including phenoxy) is 1. The standard InChI is InChI=1S/C21H27N3O2/c25-21(20-7-3-5-17-4-1-2-6-19(17)20)22-18-8-9-24(16-18)11-10-23-12-14-26-15-13-23/h1-7,18H,8-16H2,(H,22,25). The van der Waals surface area contributed by atoms with Crippen LogP contribution >= 0.6 is 0 Å². The summed E-state index contributed by atoms with van der Waals surface area (Å²) in [6, 6.07) is 14.2. The Morgan fingerprint density at radius 3 is 2.65 bits per heavy atom. The molecule has 5 nitrogen and oxygen atoms in total. The largest absolute Gasteiger partial charge is 0.379 e. The van der Waals surface area contributed by atoms with Crippen LogP contribution in [-0.4, -0.2) is 74.2 Å². The van der Waals surface area contributed by atoms with Crippen molar-refractivity contribution in [1.82, 2.24) is 15.1 Å². The Morgan fingerprint density at radius 1 is 1.00 bits per heavy atom. The van der Waals surface area contributed by atoms with Gasteiger partial charge in [-0.2, -0.15) is 0 Å². The topological polar surface area (TPSA) is 44.8 Å². The second-order valence-electron chi connectivity index (χ2n) is 7.24. The number of nitrogens with zero attached hydrogens (tertiary/aromatic N) is 2. The lowest BCUT2D eigenvalue weighted by Gasteiger charge is -2.28. The number of carbonyl (C=O) groups is 1. The Morgan fingerprint density at radius 2 is 1.77 bits per heavy atom. The van der Waals surface area contributed by atoms with Gasteiger partial charge in [0.2, 0.25) is 0 Å². The van der Waals surface area contributed by atoms with Gasteiger partial charge in [0.05, 0.1) is 13.2 Å². The molecule has 2 aliphatic rings. The number of nitrogens with one attached hydrogen (secondary N) is 1. The van der Waals surface area contributed by atoms with E-state index in [0.29, 0.717) is 0 Å². The first kappa shape index (κ1) is 17.5. The maximum atomic E-state index is 12.8. The Labute approximate surface area is 154 Å². The van der Waals surface area contributed by atoms with Gasteiger partial charge in [-0.25, -0.2) is 0 Å². The van der Waals surface area contributed by atoms with E-state index in [1.807, 2.05) is 30.3 Å². The average molecular weight is 353 g/mol. The first-order chi connectivity index (χ1) is 12.8. The number of hydrogen-bond acceptors (Lipinski definition) is 4. The molecule has 1 amide bonds. The van der Waals surface area contributed by atoms with Crippen LogP contribution in [0.1, 0.15) is 16.8 Å². The van der Waals surface area contributed by atoms with Crippen LogP contribution in [0.5, 0.6) is 0 Å². The zero-order valence-corrected chi connectivity index (χ0v) is 15.2. The molecular formula is C21H27N3O2. The van der Waals surface area contributed by atoms with E-state index in [0.717, 1.165) is 75.2 Å². The van der Waals surface area contributed by atoms with Crippen molar-refractivity contribution in [3.05, 3.63) is 48.0 Å². The van der Waals surface area contributed by atoms with E-state index in [9.17, 15) is 4.79 Å². The lowest BCUT2D eigenvalue weighted by molar-refractivity contribution is 0.0343. The van der Waals surface area contributed by atoms with E-state index >= 15 is 0 Å². The quantitative estimate of drug-likeness (QED) is 0.893. The number of rotatable bonds is 5. The molecular weight excluding hydrogens is 326 g/mol. The van der Waals surface area contributed by atoms with Crippen LogP contribution in [0.3, 0.4) is 0 Å². The number of hydrogen-bond donors (Lipinski definition) is 1. The van der Waals surface area contributed by atoms with Crippen LogP contribution in [0.2, 0.25) is 0 Å². The Kier molecular flexibility index (Phi) is 5.48. The van der Waals surface area contributed by atoms with Gasteiger partial charge in [0.1, 0.15) is 0 Å². The molecule has 1 unspecified atom stereocenters. The lowest BCUT2D eigenvalue weighted by atomic mass is 10.0. The fourth-order valence-electron chi connectivity index (χ4n) is 3.95. The normalized spacial score (nSPS) is 21.9. The first-order valence-corrected chi connectivity index (χ1v) is 9.61. The number of morpholine rings is 1. The molecule has 138 valence electrons. The molecule has 2 saturated heterocycles. The van der Waals surface area contributed by atoms with E-state index in [2.05, 4.69) is 27.2 Å². The van der Waals surface area contributed by atoms with Crippen molar-refractivity contribution in [3.8, 4) is 0 Å². The molecule has 0 spiro atoms. The maximum Gasteiger partial charge on any atom is 0.252 e. The summed E-state index contributed by atoms with van der Waals surface area (Å²) in [5.74, 6) is 0.0434. The maximum absolute atomic E-state index is 12.8. The highest BCUT2D eigenvalue weighted by molar-refractivity contribution is 6.07. The summed E-state index contributed by atoms with van der Waals surface area (Å²) in [6.45, 7) is 7.94. The van der Waals surface area contributed by atoms with Crippen molar-refractivity contribution in [3.63, 3.8) is 0 Å². The van der Waals surface area contributed by atoms with Gasteiger partial charge in [-0.1, -0.05) is 36.4 Å². The summed E-state index contributed by atoms with van der Waals surface area (Å²) in [4.78, 5) is 17.7. The van der Waals surface area contributed by atoms with Crippen LogP contribution < -0.4 is 5.32 Å². The molecule has 0 radical (unpaired) electrons. The SMILES string of the molecule is O=C(NC1CCN(CCN2CCOCC2)C1)c1cccc2ccccc12. The van der Waals surface area contributed by atoms with Crippen LogP contribution in [0.4, 0.5) is 0 Å². The molecule has 2 fully saturated rings. The predicted molar refractivity (Wildman–Crippen MR) is 104 cm³/mol. The smallest absolute Gasteiger partial charge is 0.252 e. The summed E-state index contributed by atoms with van der Waals surface area (Å²) in [6.07, 6.45) is 1.03. The minimum Gasteiger partial charge on any atom is -0.379 e. The van der Waals surface area contributed by atoms with Gasteiger partial charge in [-0.05, 0) is 23.3 Å². The second-order valence-corrected chi connectivity index (χ2v) is 7.24. The molecule has 0 saturated carbocycles. The van der Waals surface area contributed by atoms with E-state index < -0.39 is 0 Å². The van der Waals surface area contributed by atoms with Gasteiger partial charge >= 0.3 is 0 Å². The highest BCUT2D eigenvalue weighted by Gasteiger charge is 2.25. The van der Waals surface area contributed by atoms with Crippen molar-refractivity contribution in [2.75, 3.05) is 52.5 Å². The van der Waals surface area contributed by atoms with Crippen molar-refractivity contribution < 1.29 is 9.53 Å². The van der Waals surface area contributed by atoms with E-state index in [4.69, 9.17) is 4.74 Å². The predicted octanol–water partition coefficient (Wildman–Crippen LogP) is 1.98. The van der Waals surface area contributed by atoms with Crippen LogP contribution in [0, 0.1) is 0 Å². The second kappa shape index (κ2) is 8.16. The van der Waals surface area contributed by atoms with Crippen molar-refractivity contribution in [2.24, 2.45) is 0 Å². The summed E-state index contributed by atoms with van der Waals surface area (Å²) in [5.41, 5.74) is 0.773.